The first-order valence-electron chi connectivity index (χ1n) is 6.61. The van der Waals surface area contributed by atoms with Crippen LogP contribution in [0.2, 0.25) is 0 Å². The summed E-state index contributed by atoms with van der Waals surface area (Å²) >= 11 is 0. The van der Waals surface area contributed by atoms with Gasteiger partial charge in [0.05, 0.1) is 12.7 Å². The fourth-order valence-electron chi connectivity index (χ4n) is 2.61. The van der Waals surface area contributed by atoms with Crippen LogP contribution < -0.4 is 4.74 Å². The van der Waals surface area contributed by atoms with Crippen LogP contribution in [0, 0.1) is 12.8 Å². The number of rotatable bonds is 4. The minimum absolute atomic E-state index is 0.140. The quantitative estimate of drug-likeness (QED) is 0.915. The molecular weight excluding hydrogens is 258 g/mol. The third-order valence-corrected chi connectivity index (χ3v) is 3.66. The number of aromatic carboxylic acids is 1. The second-order valence-electron chi connectivity index (χ2n) is 5.36. The van der Waals surface area contributed by atoms with Crippen molar-refractivity contribution in [2.75, 3.05) is 13.7 Å². The maximum atomic E-state index is 11.9. The summed E-state index contributed by atoms with van der Waals surface area (Å²) in [5.74, 6) is 0.0481. The molecule has 0 spiro atoms. The van der Waals surface area contributed by atoms with Crippen molar-refractivity contribution in [1.29, 1.82) is 0 Å². The minimum atomic E-state index is -0.983. The number of carboxylic acids is 1. The number of carboxylic acid groups (broad SMARTS) is 1. The molecule has 0 aliphatic carbocycles. The van der Waals surface area contributed by atoms with Crippen molar-refractivity contribution in [3.63, 3.8) is 0 Å². The van der Waals surface area contributed by atoms with Gasteiger partial charge in [-0.15, -0.1) is 0 Å². The number of amides is 1. The first-order chi connectivity index (χ1) is 9.42. The number of methoxy groups -OCH3 is 1. The molecule has 1 N–H and O–H groups in total. The second kappa shape index (κ2) is 5.53. The second-order valence-corrected chi connectivity index (χ2v) is 5.36. The SMILES string of the molecule is COc1cc(C(=O)O)cc(C)c1CN1CC(C)CC1=O. The van der Waals surface area contributed by atoms with Crippen molar-refractivity contribution in [2.24, 2.45) is 5.92 Å². The molecule has 1 atom stereocenters. The molecule has 1 unspecified atom stereocenters. The van der Waals surface area contributed by atoms with Crippen LogP contribution in [0.5, 0.6) is 5.75 Å². The maximum Gasteiger partial charge on any atom is 0.335 e. The molecule has 5 heteroatoms. The van der Waals surface area contributed by atoms with Gasteiger partial charge in [0.15, 0.2) is 0 Å². The lowest BCUT2D eigenvalue weighted by Crippen LogP contribution is -2.25. The largest absolute Gasteiger partial charge is 0.496 e. The van der Waals surface area contributed by atoms with Gasteiger partial charge in [-0.2, -0.15) is 0 Å². The Bertz CT molecular complexity index is 553. The molecule has 5 nitrogen and oxygen atoms in total. The minimum Gasteiger partial charge on any atom is -0.496 e. The van der Waals surface area contributed by atoms with Crippen LogP contribution in [0.3, 0.4) is 0 Å². The Morgan fingerprint density at radius 1 is 1.50 bits per heavy atom. The molecule has 1 aliphatic heterocycles. The number of carbonyl (C=O) groups is 2. The van der Waals surface area contributed by atoms with Crippen molar-refractivity contribution in [3.8, 4) is 5.75 Å². The first kappa shape index (κ1) is 14.4. The Morgan fingerprint density at radius 3 is 2.70 bits per heavy atom. The van der Waals surface area contributed by atoms with Crippen molar-refractivity contribution in [2.45, 2.75) is 26.8 Å². The number of ether oxygens (including phenoxy) is 1. The Morgan fingerprint density at radius 2 is 2.20 bits per heavy atom. The number of hydrogen-bond donors (Lipinski definition) is 1. The van der Waals surface area contributed by atoms with Gasteiger partial charge in [0.25, 0.3) is 0 Å². The molecule has 1 fully saturated rings. The smallest absolute Gasteiger partial charge is 0.335 e. The van der Waals surface area contributed by atoms with Crippen LogP contribution in [0.15, 0.2) is 12.1 Å². The molecule has 108 valence electrons. The Balaban J connectivity index is 2.32. The molecule has 1 aromatic carbocycles. The van der Waals surface area contributed by atoms with E-state index in [1.165, 1.54) is 13.2 Å². The predicted octanol–water partition coefficient (Wildman–Crippen LogP) is 2.07. The highest BCUT2D eigenvalue weighted by molar-refractivity contribution is 5.88. The molecule has 1 aromatic rings. The van der Waals surface area contributed by atoms with Gasteiger partial charge in [0, 0.05) is 25.1 Å². The summed E-state index contributed by atoms with van der Waals surface area (Å²) in [4.78, 5) is 24.7. The third kappa shape index (κ3) is 2.76. The summed E-state index contributed by atoms with van der Waals surface area (Å²) in [6.07, 6.45) is 0.578. The molecule has 0 saturated carbocycles. The van der Waals surface area contributed by atoms with Crippen molar-refractivity contribution in [1.82, 2.24) is 4.90 Å². The lowest BCUT2D eigenvalue weighted by atomic mass is 10.0. The number of hydrogen-bond acceptors (Lipinski definition) is 3. The summed E-state index contributed by atoms with van der Waals surface area (Å²) in [5, 5.41) is 9.06. The first-order valence-corrected chi connectivity index (χ1v) is 6.61. The van der Waals surface area contributed by atoms with Crippen LogP contribution >= 0.6 is 0 Å². The van der Waals surface area contributed by atoms with E-state index in [-0.39, 0.29) is 11.5 Å². The maximum absolute atomic E-state index is 11.9. The normalized spacial score (nSPS) is 18.4. The van der Waals surface area contributed by atoms with Crippen LogP contribution in [-0.2, 0) is 11.3 Å². The Labute approximate surface area is 118 Å². The van der Waals surface area contributed by atoms with Gasteiger partial charge in [-0.25, -0.2) is 4.79 Å². The summed E-state index contributed by atoms with van der Waals surface area (Å²) in [7, 11) is 1.51. The van der Waals surface area contributed by atoms with Crippen LogP contribution in [0.4, 0.5) is 0 Å². The van der Waals surface area contributed by atoms with Crippen molar-refractivity contribution < 1.29 is 19.4 Å². The van der Waals surface area contributed by atoms with Gasteiger partial charge in [-0.05, 0) is 30.5 Å². The van der Waals surface area contributed by atoms with E-state index in [9.17, 15) is 9.59 Å². The van der Waals surface area contributed by atoms with Crippen LogP contribution in [0.25, 0.3) is 0 Å². The van der Waals surface area contributed by atoms with Gasteiger partial charge in [0.1, 0.15) is 5.75 Å². The predicted molar refractivity (Wildman–Crippen MR) is 73.9 cm³/mol. The van der Waals surface area contributed by atoms with E-state index in [2.05, 4.69) is 6.92 Å². The number of benzene rings is 1. The van der Waals surface area contributed by atoms with Crippen molar-refractivity contribution in [3.05, 3.63) is 28.8 Å². The highest BCUT2D eigenvalue weighted by Gasteiger charge is 2.27. The molecular formula is C15H19NO4. The van der Waals surface area contributed by atoms with Crippen LogP contribution in [0.1, 0.15) is 34.8 Å². The van der Waals surface area contributed by atoms with E-state index in [4.69, 9.17) is 9.84 Å². The molecule has 20 heavy (non-hydrogen) atoms. The third-order valence-electron chi connectivity index (χ3n) is 3.66. The summed E-state index contributed by atoms with van der Waals surface area (Å²) in [6, 6.07) is 3.12. The Hall–Kier alpha value is -2.04. The van der Waals surface area contributed by atoms with Gasteiger partial charge in [0.2, 0.25) is 5.91 Å². The zero-order valence-corrected chi connectivity index (χ0v) is 12.0. The average molecular weight is 277 g/mol. The standard InChI is InChI=1S/C15H19NO4/c1-9-4-14(17)16(7-9)8-12-10(2)5-11(15(18)19)6-13(12)20-3/h5-6,9H,4,7-8H2,1-3H3,(H,18,19). The molecule has 0 aromatic heterocycles. The molecule has 1 aliphatic rings. The molecule has 0 radical (unpaired) electrons. The average Bonchev–Trinajstić information content (AvgIpc) is 2.69. The number of likely N-dealkylation sites (tertiary alicyclic amines) is 1. The van der Waals surface area contributed by atoms with Crippen molar-refractivity contribution >= 4 is 11.9 Å². The molecule has 1 saturated heterocycles. The lowest BCUT2D eigenvalue weighted by molar-refractivity contribution is -0.128. The molecule has 1 amide bonds. The van der Waals surface area contributed by atoms with Gasteiger partial charge < -0.3 is 14.7 Å². The van der Waals surface area contributed by atoms with E-state index >= 15 is 0 Å². The van der Waals surface area contributed by atoms with E-state index in [0.717, 1.165) is 17.7 Å². The van der Waals surface area contributed by atoms with Gasteiger partial charge in [-0.1, -0.05) is 6.92 Å². The molecule has 2 rings (SSSR count). The fraction of sp³-hybridized carbons (Fsp3) is 0.467. The Kier molecular flexibility index (Phi) is 3.97. The zero-order valence-electron chi connectivity index (χ0n) is 12.0. The highest BCUT2D eigenvalue weighted by Crippen LogP contribution is 2.28. The monoisotopic (exact) mass is 277 g/mol. The topological polar surface area (TPSA) is 66.8 Å². The van der Waals surface area contributed by atoms with E-state index in [1.807, 2.05) is 6.92 Å². The lowest BCUT2D eigenvalue weighted by Gasteiger charge is -2.20. The van der Waals surface area contributed by atoms with Crippen LogP contribution in [-0.4, -0.2) is 35.5 Å². The van der Waals surface area contributed by atoms with Gasteiger partial charge in [-0.3, -0.25) is 4.79 Å². The molecule has 0 bridgehead atoms. The molecule has 1 heterocycles. The fourth-order valence-corrected chi connectivity index (χ4v) is 2.61. The number of nitrogens with zero attached hydrogens (tertiary/aromatic N) is 1. The number of aryl methyl sites for hydroxylation is 1. The zero-order chi connectivity index (χ0) is 14.9. The van der Waals surface area contributed by atoms with E-state index < -0.39 is 5.97 Å². The highest BCUT2D eigenvalue weighted by atomic mass is 16.5. The summed E-state index contributed by atoms with van der Waals surface area (Å²) in [5.41, 5.74) is 1.90. The number of carbonyl (C=O) groups excluding carboxylic acids is 1. The summed E-state index contributed by atoms with van der Waals surface area (Å²) in [6.45, 7) is 5.10. The summed E-state index contributed by atoms with van der Waals surface area (Å²) < 4.78 is 5.29. The van der Waals surface area contributed by atoms with E-state index in [0.29, 0.717) is 24.6 Å². The van der Waals surface area contributed by atoms with E-state index in [1.54, 1.807) is 11.0 Å². The van der Waals surface area contributed by atoms with Gasteiger partial charge >= 0.3 is 5.97 Å².